The summed E-state index contributed by atoms with van der Waals surface area (Å²) in [4.78, 5) is 13.2. The summed E-state index contributed by atoms with van der Waals surface area (Å²) >= 11 is 0. The maximum absolute atomic E-state index is 13.2. The molecule has 2 aliphatic heterocycles. The highest BCUT2D eigenvalue weighted by Crippen LogP contribution is 2.37. The van der Waals surface area contributed by atoms with Crippen molar-refractivity contribution in [2.24, 2.45) is 5.92 Å². The van der Waals surface area contributed by atoms with Gasteiger partial charge in [0, 0.05) is 11.1 Å². The van der Waals surface area contributed by atoms with Crippen molar-refractivity contribution in [3.05, 3.63) is 58.7 Å². The third kappa shape index (κ3) is 3.03. The number of ketones is 1. The van der Waals surface area contributed by atoms with Gasteiger partial charge in [-0.15, -0.1) is 0 Å². The first-order valence-corrected chi connectivity index (χ1v) is 9.43. The Bertz CT molecular complexity index is 1020. The van der Waals surface area contributed by atoms with Gasteiger partial charge in [-0.2, -0.15) is 0 Å². The van der Waals surface area contributed by atoms with Gasteiger partial charge in [-0.3, -0.25) is 4.79 Å². The maximum atomic E-state index is 13.2. The third-order valence-electron chi connectivity index (χ3n) is 5.39. The number of ether oxygens (including phenoxy) is 4. The van der Waals surface area contributed by atoms with Gasteiger partial charge in [0.15, 0.2) is 28.8 Å². The molecule has 2 heterocycles. The second-order valence-corrected chi connectivity index (χ2v) is 7.26. The van der Waals surface area contributed by atoms with E-state index in [1.807, 2.05) is 48.6 Å². The molecule has 0 N–H and O–H groups in total. The van der Waals surface area contributed by atoms with E-state index in [9.17, 15) is 4.79 Å². The fraction of sp³-hybridized carbons (Fsp3) is 0.261. The Balaban J connectivity index is 1.45. The van der Waals surface area contributed by atoms with Crippen LogP contribution in [-0.4, -0.2) is 19.4 Å². The summed E-state index contributed by atoms with van der Waals surface area (Å²) in [5.41, 5.74) is 3.55. The fourth-order valence-corrected chi connectivity index (χ4v) is 3.78. The van der Waals surface area contributed by atoms with E-state index in [0.29, 0.717) is 0 Å². The first-order valence-electron chi connectivity index (χ1n) is 9.43. The van der Waals surface area contributed by atoms with E-state index in [0.717, 1.165) is 58.1 Å². The average molecular weight is 376 g/mol. The summed E-state index contributed by atoms with van der Waals surface area (Å²) in [7, 11) is 0. The minimum Gasteiger partial charge on any atom is -0.454 e. The summed E-state index contributed by atoms with van der Waals surface area (Å²) in [5.74, 6) is 3.26. The monoisotopic (exact) mass is 376 g/mol. The highest BCUT2D eigenvalue weighted by Gasteiger charge is 2.27. The number of allylic oxidation sites excluding steroid dienone is 2. The topological polar surface area (TPSA) is 54.0 Å². The van der Waals surface area contributed by atoms with E-state index in [2.05, 4.69) is 6.92 Å². The molecule has 0 amide bonds. The Morgan fingerprint density at radius 1 is 0.821 bits per heavy atom. The van der Waals surface area contributed by atoms with Crippen molar-refractivity contribution >= 4 is 17.9 Å². The van der Waals surface area contributed by atoms with Crippen LogP contribution in [0.2, 0.25) is 0 Å². The summed E-state index contributed by atoms with van der Waals surface area (Å²) in [5, 5.41) is 0. The quantitative estimate of drug-likeness (QED) is 0.717. The second kappa shape index (κ2) is 6.75. The molecule has 0 aromatic heterocycles. The Hall–Kier alpha value is -3.21. The van der Waals surface area contributed by atoms with Crippen molar-refractivity contribution in [2.75, 3.05) is 13.6 Å². The van der Waals surface area contributed by atoms with Crippen LogP contribution in [0.3, 0.4) is 0 Å². The van der Waals surface area contributed by atoms with E-state index >= 15 is 0 Å². The molecule has 3 aliphatic rings. The zero-order chi connectivity index (χ0) is 19.1. The van der Waals surface area contributed by atoms with Gasteiger partial charge in [-0.25, -0.2) is 0 Å². The highest BCUT2D eigenvalue weighted by molar-refractivity contribution is 6.14. The number of hydrogen-bond donors (Lipinski definition) is 0. The molecule has 0 unspecified atom stereocenters. The Morgan fingerprint density at radius 3 is 2.04 bits per heavy atom. The zero-order valence-corrected chi connectivity index (χ0v) is 15.6. The molecule has 1 fully saturated rings. The number of rotatable bonds is 2. The molecule has 1 saturated carbocycles. The molecule has 2 aromatic carbocycles. The first kappa shape index (κ1) is 16.9. The molecule has 0 radical (unpaired) electrons. The molecule has 5 heteroatoms. The van der Waals surface area contributed by atoms with Crippen LogP contribution >= 0.6 is 0 Å². The van der Waals surface area contributed by atoms with Crippen LogP contribution < -0.4 is 18.9 Å². The van der Waals surface area contributed by atoms with Crippen molar-refractivity contribution in [3.63, 3.8) is 0 Å². The summed E-state index contributed by atoms with van der Waals surface area (Å²) < 4.78 is 21.6. The Morgan fingerprint density at radius 2 is 1.39 bits per heavy atom. The highest BCUT2D eigenvalue weighted by atomic mass is 16.7. The van der Waals surface area contributed by atoms with Crippen LogP contribution in [0.1, 0.15) is 30.9 Å². The van der Waals surface area contributed by atoms with E-state index in [-0.39, 0.29) is 25.3 Å². The largest absolute Gasteiger partial charge is 0.454 e. The Kier molecular flexibility index (Phi) is 4.08. The predicted octanol–water partition coefficient (Wildman–Crippen LogP) is 4.61. The number of carbonyl (C=O) groups is 1. The lowest BCUT2D eigenvalue weighted by atomic mass is 9.80. The Labute approximate surface area is 163 Å². The van der Waals surface area contributed by atoms with E-state index < -0.39 is 0 Å². The molecule has 1 aliphatic carbocycles. The van der Waals surface area contributed by atoms with Gasteiger partial charge in [0.1, 0.15) is 0 Å². The molecule has 0 bridgehead atoms. The minimum atomic E-state index is 0.106. The van der Waals surface area contributed by atoms with Crippen LogP contribution in [-0.2, 0) is 4.79 Å². The molecule has 0 spiro atoms. The van der Waals surface area contributed by atoms with Crippen molar-refractivity contribution in [3.8, 4) is 23.0 Å². The lowest BCUT2D eigenvalue weighted by molar-refractivity contribution is -0.113. The van der Waals surface area contributed by atoms with Gasteiger partial charge in [0.25, 0.3) is 0 Å². The molecule has 142 valence electrons. The number of Topliss-reactive ketones (excluding diaryl/α,β-unsaturated/α-hetero) is 1. The first-order chi connectivity index (χ1) is 13.7. The van der Waals surface area contributed by atoms with Gasteiger partial charge in [-0.1, -0.05) is 19.1 Å². The second-order valence-electron chi connectivity index (χ2n) is 7.26. The summed E-state index contributed by atoms with van der Waals surface area (Å²) in [6.07, 6.45) is 5.65. The number of fused-ring (bicyclic) bond motifs is 2. The van der Waals surface area contributed by atoms with Crippen molar-refractivity contribution in [2.45, 2.75) is 19.8 Å². The summed E-state index contributed by atoms with van der Waals surface area (Å²) in [6, 6.07) is 11.5. The van der Waals surface area contributed by atoms with Crippen molar-refractivity contribution in [1.82, 2.24) is 0 Å². The fourth-order valence-electron chi connectivity index (χ4n) is 3.78. The molecule has 2 aromatic rings. The van der Waals surface area contributed by atoms with Gasteiger partial charge >= 0.3 is 0 Å². The molecular weight excluding hydrogens is 356 g/mol. The van der Waals surface area contributed by atoms with E-state index in [1.54, 1.807) is 0 Å². The lowest BCUT2D eigenvalue weighted by Gasteiger charge is -2.23. The van der Waals surface area contributed by atoms with Crippen molar-refractivity contribution in [1.29, 1.82) is 0 Å². The normalized spacial score (nSPS) is 22.9. The molecular formula is C23H20O5. The smallest absolute Gasteiger partial charge is 0.231 e. The molecule has 0 saturated heterocycles. The minimum absolute atomic E-state index is 0.106. The van der Waals surface area contributed by atoms with Crippen molar-refractivity contribution < 1.29 is 23.7 Å². The summed E-state index contributed by atoms with van der Waals surface area (Å²) in [6.45, 7) is 2.59. The number of benzene rings is 2. The zero-order valence-electron chi connectivity index (χ0n) is 15.6. The molecule has 5 rings (SSSR count). The van der Waals surface area contributed by atoms with Crippen LogP contribution in [0.15, 0.2) is 47.5 Å². The number of carbonyl (C=O) groups excluding carboxylic acids is 1. The standard InChI is InChI=1S/C23H20O5/c1-14-2-5-17(8-15-3-6-19-21(10-15)27-12-25-19)23(24)18(14)9-16-4-7-20-22(11-16)28-13-26-20/h3-4,6-11,14H,2,5,12-13H2,1H3/b17-8+,18-9-/t14-/m1/s1. The van der Waals surface area contributed by atoms with Gasteiger partial charge < -0.3 is 18.9 Å². The van der Waals surface area contributed by atoms with E-state index in [1.165, 1.54) is 0 Å². The molecule has 5 nitrogen and oxygen atoms in total. The predicted molar refractivity (Wildman–Crippen MR) is 104 cm³/mol. The van der Waals surface area contributed by atoms with E-state index in [4.69, 9.17) is 18.9 Å². The number of hydrogen-bond acceptors (Lipinski definition) is 5. The van der Waals surface area contributed by atoms with Crippen LogP contribution in [0, 0.1) is 5.92 Å². The van der Waals surface area contributed by atoms with Crippen LogP contribution in [0.4, 0.5) is 0 Å². The SMILES string of the molecule is C[C@@H]1CC/C(=C\c2ccc3c(c2)OCO3)C(=O)/C1=C\c1ccc2c(c1)OCO2. The lowest BCUT2D eigenvalue weighted by Crippen LogP contribution is -2.19. The average Bonchev–Trinajstić information content (AvgIpc) is 3.35. The van der Waals surface area contributed by atoms with Gasteiger partial charge in [0.2, 0.25) is 13.6 Å². The van der Waals surface area contributed by atoms with Gasteiger partial charge in [0.05, 0.1) is 0 Å². The molecule has 1 atom stereocenters. The van der Waals surface area contributed by atoms with Crippen LogP contribution in [0.5, 0.6) is 23.0 Å². The maximum Gasteiger partial charge on any atom is 0.231 e. The molecule has 28 heavy (non-hydrogen) atoms. The van der Waals surface area contributed by atoms with Gasteiger partial charge in [-0.05, 0) is 66.3 Å². The van der Waals surface area contributed by atoms with Crippen LogP contribution in [0.25, 0.3) is 12.2 Å². The third-order valence-corrected chi connectivity index (χ3v) is 5.39.